The molecule has 5 rings (SSSR count). The normalized spacial score (nSPS) is 17.2. The summed E-state index contributed by atoms with van der Waals surface area (Å²) in [6, 6.07) is 18.5. The van der Waals surface area contributed by atoms with Gasteiger partial charge in [-0.1, -0.05) is 48.5 Å². The first-order valence-corrected chi connectivity index (χ1v) is 12.5. The van der Waals surface area contributed by atoms with Gasteiger partial charge >= 0.3 is 5.69 Å². The second-order valence-corrected chi connectivity index (χ2v) is 9.38. The Morgan fingerprint density at radius 1 is 0.889 bits per heavy atom. The zero-order chi connectivity index (χ0) is 24.9. The molecule has 0 radical (unpaired) electrons. The van der Waals surface area contributed by atoms with Crippen molar-refractivity contribution in [1.29, 1.82) is 0 Å². The Labute approximate surface area is 211 Å². The monoisotopic (exact) mass is 488 g/mol. The Morgan fingerprint density at radius 2 is 1.50 bits per heavy atom. The van der Waals surface area contributed by atoms with Crippen LogP contribution >= 0.6 is 0 Å². The molecule has 2 saturated heterocycles. The molecule has 0 unspecified atom stereocenters. The molecule has 0 N–H and O–H groups in total. The first kappa shape index (κ1) is 24.0. The van der Waals surface area contributed by atoms with E-state index in [9.17, 15) is 10.1 Å². The second-order valence-electron chi connectivity index (χ2n) is 9.38. The summed E-state index contributed by atoms with van der Waals surface area (Å²) < 4.78 is 5.55. The highest BCUT2D eigenvalue weighted by Crippen LogP contribution is 2.39. The van der Waals surface area contributed by atoms with E-state index in [1.54, 1.807) is 7.11 Å². The van der Waals surface area contributed by atoms with Crippen molar-refractivity contribution in [1.82, 2.24) is 14.9 Å². The Morgan fingerprint density at radius 3 is 2.14 bits per heavy atom. The number of benzene rings is 2. The second kappa shape index (κ2) is 10.9. The lowest BCUT2D eigenvalue weighted by Gasteiger charge is -2.36. The molecule has 3 aromatic rings. The quantitative estimate of drug-likeness (QED) is 0.363. The van der Waals surface area contributed by atoms with Crippen molar-refractivity contribution in [2.24, 2.45) is 0 Å². The maximum atomic E-state index is 12.2. The first-order valence-electron chi connectivity index (χ1n) is 12.5. The number of nitro groups is 1. The highest BCUT2D eigenvalue weighted by atomic mass is 16.6. The van der Waals surface area contributed by atoms with Crippen LogP contribution in [0.1, 0.15) is 29.9 Å². The number of hydrogen-bond acceptors (Lipinski definition) is 8. The molecule has 1 aromatic heterocycles. The summed E-state index contributed by atoms with van der Waals surface area (Å²) in [4.78, 5) is 27.2. The molecule has 2 fully saturated rings. The lowest BCUT2D eigenvalue weighted by Crippen LogP contribution is -2.46. The summed E-state index contributed by atoms with van der Waals surface area (Å²) in [6.07, 6.45) is 3.24. The van der Waals surface area contributed by atoms with E-state index >= 15 is 0 Å². The van der Waals surface area contributed by atoms with Gasteiger partial charge in [-0.3, -0.25) is 15.0 Å². The number of piperidine rings is 1. The van der Waals surface area contributed by atoms with Gasteiger partial charge in [-0.15, -0.1) is 0 Å². The van der Waals surface area contributed by atoms with Crippen molar-refractivity contribution < 1.29 is 9.66 Å². The zero-order valence-corrected chi connectivity index (χ0v) is 20.6. The average Bonchev–Trinajstić information content (AvgIpc) is 2.93. The van der Waals surface area contributed by atoms with Gasteiger partial charge in [0.1, 0.15) is 12.1 Å². The number of nitrogens with zero attached hydrogens (tertiary/aromatic N) is 6. The van der Waals surface area contributed by atoms with Gasteiger partial charge < -0.3 is 14.5 Å². The van der Waals surface area contributed by atoms with Crippen LogP contribution in [0.4, 0.5) is 17.3 Å². The van der Waals surface area contributed by atoms with Gasteiger partial charge in [0.05, 0.1) is 12.0 Å². The average molecular weight is 489 g/mol. The van der Waals surface area contributed by atoms with Gasteiger partial charge in [0.2, 0.25) is 11.6 Å². The standard InChI is InChI=1S/C27H32N6O3/c1-36-24-10-6-5-9-23(24)22-11-13-31(14-12-22)26-25(33(34)35)27(29-20-28-26)32-17-15-30(16-18-32)19-21-7-3-2-4-8-21/h2-10,20,22H,11-19H2,1H3. The van der Waals surface area contributed by atoms with Crippen LogP contribution in [0.3, 0.4) is 0 Å². The van der Waals surface area contributed by atoms with E-state index < -0.39 is 0 Å². The lowest BCUT2D eigenvalue weighted by atomic mass is 9.89. The number of ether oxygens (including phenoxy) is 1. The first-order chi connectivity index (χ1) is 17.6. The van der Waals surface area contributed by atoms with E-state index in [1.165, 1.54) is 17.5 Å². The maximum Gasteiger partial charge on any atom is 0.353 e. The Balaban J connectivity index is 1.28. The Kier molecular flexibility index (Phi) is 7.27. The van der Waals surface area contributed by atoms with Gasteiger partial charge in [-0.25, -0.2) is 9.97 Å². The topological polar surface area (TPSA) is 87.9 Å². The van der Waals surface area contributed by atoms with Gasteiger partial charge in [-0.05, 0) is 36.0 Å². The molecule has 0 amide bonds. The molecule has 36 heavy (non-hydrogen) atoms. The molecule has 0 bridgehead atoms. The van der Waals surface area contributed by atoms with Gasteiger partial charge in [-0.2, -0.15) is 0 Å². The summed E-state index contributed by atoms with van der Waals surface area (Å²) in [5.41, 5.74) is 2.49. The van der Waals surface area contributed by atoms with Gasteiger partial charge in [0.15, 0.2) is 0 Å². The number of methoxy groups -OCH3 is 1. The molecule has 0 aliphatic carbocycles. The highest BCUT2D eigenvalue weighted by Gasteiger charge is 2.33. The van der Waals surface area contributed by atoms with Crippen molar-refractivity contribution in [2.75, 3.05) is 56.2 Å². The predicted molar refractivity (Wildman–Crippen MR) is 140 cm³/mol. The van der Waals surface area contributed by atoms with Crippen LogP contribution in [0.15, 0.2) is 60.9 Å². The molecule has 9 heteroatoms. The minimum absolute atomic E-state index is 0.0183. The van der Waals surface area contributed by atoms with Crippen molar-refractivity contribution in [2.45, 2.75) is 25.3 Å². The number of anilines is 2. The predicted octanol–water partition coefficient (Wildman–Crippen LogP) is 4.10. The number of piperazine rings is 1. The van der Waals surface area contributed by atoms with E-state index in [0.717, 1.165) is 38.2 Å². The van der Waals surface area contributed by atoms with Crippen LogP contribution in [0.25, 0.3) is 0 Å². The van der Waals surface area contributed by atoms with Crippen LogP contribution in [-0.4, -0.2) is 66.2 Å². The number of para-hydroxylation sites is 1. The molecule has 0 spiro atoms. The van der Waals surface area contributed by atoms with Gasteiger partial charge in [0, 0.05) is 45.8 Å². The molecule has 2 aliphatic heterocycles. The van der Waals surface area contributed by atoms with E-state index in [-0.39, 0.29) is 10.6 Å². The molecule has 2 aromatic carbocycles. The molecular weight excluding hydrogens is 456 g/mol. The van der Waals surface area contributed by atoms with E-state index in [1.807, 2.05) is 34.1 Å². The molecule has 0 atom stereocenters. The highest BCUT2D eigenvalue weighted by molar-refractivity contribution is 5.71. The molecule has 0 saturated carbocycles. The lowest BCUT2D eigenvalue weighted by molar-refractivity contribution is -0.383. The van der Waals surface area contributed by atoms with Gasteiger partial charge in [0.25, 0.3) is 0 Å². The summed E-state index contributed by atoms with van der Waals surface area (Å²) in [7, 11) is 1.70. The third-order valence-corrected chi connectivity index (χ3v) is 7.26. The Hall–Kier alpha value is -3.72. The summed E-state index contributed by atoms with van der Waals surface area (Å²) in [5, 5.41) is 12.2. The minimum atomic E-state index is -0.312. The summed E-state index contributed by atoms with van der Waals surface area (Å²) in [6.45, 7) is 5.33. The number of hydrogen-bond donors (Lipinski definition) is 0. The molecule has 2 aliphatic rings. The van der Waals surface area contributed by atoms with Crippen LogP contribution in [0.5, 0.6) is 5.75 Å². The summed E-state index contributed by atoms with van der Waals surface area (Å²) in [5.74, 6) is 2.11. The largest absolute Gasteiger partial charge is 0.496 e. The summed E-state index contributed by atoms with van der Waals surface area (Å²) >= 11 is 0. The molecule has 188 valence electrons. The van der Waals surface area contributed by atoms with E-state index in [2.05, 4.69) is 45.2 Å². The molecule has 9 nitrogen and oxygen atoms in total. The Bertz CT molecular complexity index is 1180. The van der Waals surface area contributed by atoms with E-state index in [0.29, 0.717) is 43.7 Å². The van der Waals surface area contributed by atoms with Crippen LogP contribution in [-0.2, 0) is 6.54 Å². The minimum Gasteiger partial charge on any atom is -0.496 e. The van der Waals surface area contributed by atoms with Crippen molar-refractivity contribution in [3.63, 3.8) is 0 Å². The van der Waals surface area contributed by atoms with Crippen LogP contribution in [0, 0.1) is 10.1 Å². The van der Waals surface area contributed by atoms with Crippen molar-refractivity contribution >= 4 is 17.3 Å². The maximum absolute atomic E-state index is 12.2. The zero-order valence-electron chi connectivity index (χ0n) is 20.6. The third kappa shape index (κ3) is 5.11. The number of rotatable bonds is 7. The number of aromatic nitrogens is 2. The fourth-order valence-corrected chi connectivity index (χ4v) is 5.35. The van der Waals surface area contributed by atoms with Crippen LogP contribution in [0.2, 0.25) is 0 Å². The fourth-order valence-electron chi connectivity index (χ4n) is 5.35. The molecule has 3 heterocycles. The smallest absolute Gasteiger partial charge is 0.353 e. The van der Waals surface area contributed by atoms with Crippen LogP contribution < -0.4 is 14.5 Å². The third-order valence-electron chi connectivity index (χ3n) is 7.26. The SMILES string of the molecule is COc1ccccc1C1CCN(c2ncnc(N3CCN(Cc4ccccc4)CC3)c2[N+](=O)[O-])CC1. The van der Waals surface area contributed by atoms with Crippen molar-refractivity contribution in [3.05, 3.63) is 82.2 Å². The molecular formula is C27H32N6O3. The van der Waals surface area contributed by atoms with E-state index in [4.69, 9.17) is 4.74 Å². The fraction of sp³-hybridized carbons (Fsp3) is 0.407. The van der Waals surface area contributed by atoms with Crippen molar-refractivity contribution in [3.8, 4) is 5.75 Å².